The number of piperidine rings is 1. The Balaban J connectivity index is 2.22. The molecule has 4 heteroatoms. The van der Waals surface area contributed by atoms with E-state index in [-0.39, 0.29) is 12.0 Å². The molecule has 0 spiro atoms. The average Bonchev–Trinajstić information content (AvgIpc) is 2.18. The molecule has 0 aliphatic carbocycles. The highest BCUT2D eigenvalue weighted by Gasteiger charge is 2.21. The normalized spacial score (nSPS) is 22.4. The molecule has 1 aliphatic rings. The minimum absolute atomic E-state index is 0.157. The Morgan fingerprint density at radius 3 is 3.07 bits per heavy atom. The minimum atomic E-state index is -0.313. The van der Waals surface area contributed by atoms with Gasteiger partial charge in [0.25, 0.3) is 0 Å². The van der Waals surface area contributed by atoms with Gasteiger partial charge in [-0.25, -0.2) is 0 Å². The highest BCUT2D eigenvalue weighted by molar-refractivity contribution is 5.76. The van der Waals surface area contributed by atoms with Crippen LogP contribution in [0.25, 0.3) is 0 Å². The number of rotatable bonds is 4. The van der Waals surface area contributed by atoms with Gasteiger partial charge < -0.3 is 15.3 Å². The molecule has 0 bridgehead atoms. The number of carbonyl (C=O) groups excluding carboxylic acids is 1. The predicted molar refractivity (Wildman–Crippen MR) is 55.0 cm³/mol. The molecule has 1 aliphatic heterocycles. The van der Waals surface area contributed by atoms with Crippen LogP contribution < -0.4 is 5.32 Å². The van der Waals surface area contributed by atoms with Crippen LogP contribution in [0.2, 0.25) is 0 Å². The van der Waals surface area contributed by atoms with Crippen LogP contribution in [0.4, 0.5) is 0 Å². The number of likely N-dealkylation sites (tertiary alicyclic amines) is 1. The largest absolute Gasteiger partial charge is 0.391 e. The van der Waals surface area contributed by atoms with Crippen molar-refractivity contribution >= 4 is 5.91 Å². The van der Waals surface area contributed by atoms with Gasteiger partial charge in [0, 0.05) is 26.1 Å². The first kappa shape index (κ1) is 11.5. The van der Waals surface area contributed by atoms with Gasteiger partial charge in [-0.3, -0.25) is 4.79 Å². The minimum Gasteiger partial charge on any atom is -0.391 e. The maximum Gasteiger partial charge on any atom is 0.223 e. The molecule has 1 atom stereocenters. The first-order valence-electron chi connectivity index (χ1n) is 5.40. The summed E-state index contributed by atoms with van der Waals surface area (Å²) in [7, 11) is 0. The Labute approximate surface area is 85.3 Å². The molecule has 0 aromatic carbocycles. The Kier molecular flexibility index (Phi) is 4.90. The molecule has 0 saturated carbocycles. The zero-order chi connectivity index (χ0) is 10.4. The van der Waals surface area contributed by atoms with Gasteiger partial charge in [0.1, 0.15) is 0 Å². The topological polar surface area (TPSA) is 52.6 Å². The fraction of sp³-hybridized carbons (Fsp3) is 0.900. The molecule has 1 rings (SSSR count). The molecule has 1 saturated heterocycles. The molecule has 0 radical (unpaired) electrons. The van der Waals surface area contributed by atoms with Crippen LogP contribution in [0.3, 0.4) is 0 Å². The third-order valence-electron chi connectivity index (χ3n) is 2.51. The number of hydrogen-bond donors (Lipinski definition) is 2. The summed E-state index contributed by atoms with van der Waals surface area (Å²) < 4.78 is 0. The number of aliphatic hydroxyl groups excluding tert-OH is 1. The summed E-state index contributed by atoms with van der Waals surface area (Å²) in [6.45, 7) is 4.99. The van der Waals surface area contributed by atoms with Crippen LogP contribution in [0.15, 0.2) is 0 Å². The maximum absolute atomic E-state index is 11.6. The van der Waals surface area contributed by atoms with E-state index < -0.39 is 0 Å². The van der Waals surface area contributed by atoms with E-state index in [2.05, 4.69) is 5.32 Å². The molecule has 2 N–H and O–H groups in total. The van der Waals surface area contributed by atoms with E-state index >= 15 is 0 Å². The van der Waals surface area contributed by atoms with Crippen molar-refractivity contribution in [2.75, 3.05) is 26.2 Å². The molecular weight excluding hydrogens is 180 g/mol. The second-order valence-electron chi connectivity index (χ2n) is 3.74. The lowest BCUT2D eigenvalue weighted by molar-refractivity contribution is -0.134. The van der Waals surface area contributed by atoms with E-state index in [4.69, 9.17) is 0 Å². The summed E-state index contributed by atoms with van der Waals surface area (Å²) in [6, 6.07) is 0. The first-order chi connectivity index (χ1) is 6.74. The zero-order valence-corrected chi connectivity index (χ0v) is 8.83. The van der Waals surface area contributed by atoms with E-state index in [0.29, 0.717) is 13.0 Å². The number of carbonyl (C=O) groups is 1. The van der Waals surface area contributed by atoms with Gasteiger partial charge >= 0.3 is 0 Å². The van der Waals surface area contributed by atoms with E-state index in [1.165, 1.54) is 0 Å². The molecule has 1 fully saturated rings. The Morgan fingerprint density at radius 2 is 2.43 bits per heavy atom. The van der Waals surface area contributed by atoms with Crippen LogP contribution >= 0.6 is 0 Å². The van der Waals surface area contributed by atoms with Gasteiger partial charge in [-0.05, 0) is 19.4 Å². The SMILES string of the molecule is CCNCCC(=O)N1CCCC(O)C1. The lowest BCUT2D eigenvalue weighted by Crippen LogP contribution is -2.42. The summed E-state index contributed by atoms with van der Waals surface area (Å²) in [4.78, 5) is 13.4. The molecule has 4 nitrogen and oxygen atoms in total. The van der Waals surface area contributed by atoms with Crippen molar-refractivity contribution in [2.45, 2.75) is 32.3 Å². The van der Waals surface area contributed by atoms with Crippen molar-refractivity contribution in [3.8, 4) is 0 Å². The van der Waals surface area contributed by atoms with Crippen molar-refractivity contribution in [3.05, 3.63) is 0 Å². The highest BCUT2D eigenvalue weighted by Crippen LogP contribution is 2.10. The monoisotopic (exact) mass is 200 g/mol. The third-order valence-corrected chi connectivity index (χ3v) is 2.51. The van der Waals surface area contributed by atoms with Gasteiger partial charge in [0.2, 0.25) is 5.91 Å². The van der Waals surface area contributed by atoms with Crippen LogP contribution in [0.5, 0.6) is 0 Å². The van der Waals surface area contributed by atoms with Gasteiger partial charge in [0.05, 0.1) is 6.10 Å². The molecule has 14 heavy (non-hydrogen) atoms. The van der Waals surface area contributed by atoms with Crippen LogP contribution in [-0.4, -0.2) is 48.2 Å². The number of nitrogens with zero attached hydrogens (tertiary/aromatic N) is 1. The number of amides is 1. The Hall–Kier alpha value is -0.610. The second-order valence-corrected chi connectivity index (χ2v) is 3.74. The number of nitrogens with one attached hydrogen (secondary N) is 1. The second kappa shape index (κ2) is 5.98. The number of β-amino-alcohol motifs (C(OH)–C–C–N with tert-alkyl or cyclic N) is 1. The molecule has 0 aromatic rings. The van der Waals surface area contributed by atoms with Crippen LogP contribution in [0.1, 0.15) is 26.2 Å². The molecule has 1 unspecified atom stereocenters. The van der Waals surface area contributed by atoms with Crippen molar-refractivity contribution in [1.82, 2.24) is 10.2 Å². The van der Waals surface area contributed by atoms with Gasteiger partial charge in [0.15, 0.2) is 0 Å². The molecule has 82 valence electrons. The van der Waals surface area contributed by atoms with Gasteiger partial charge in [-0.2, -0.15) is 0 Å². The number of hydrogen-bond acceptors (Lipinski definition) is 3. The summed E-state index contributed by atoms with van der Waals surface area (Å²) >= 11 is 0. The van der Waals surface area contributed by atoms with Crippen molar-refractivity contribution in [1.29, 1.82) is 0 Å². The third kappa shape index (κ3) is 3.64. The first-order valence-corrected chi connectivity index (χ1v) is 5.40. The van der Waals surface area contributed by atoms with E-state index in [1.54, 1.807) is 4.90 Å². The molecule has 1 amide bonds. The summed E-state index contributed by atoms with van der Waals surface area (Å²) in [6.07, 6.45) is 1.98. The lowest BCUT2D eigenvalue weighted by atomic mass is 10.1. The standard InChI is InChI=1S/C10H20N2O2/c1-2-11-6-5-10(14)12-7-3-4-9(13)8-12/h9,11,13H,2-8H2,1H3. The lowest BCUT2D eigenvalue weighted by Gasteiger charge is -2.30. The van der Waals surface area contributed by atoms with Crippen molar-refractivity contribution < 1.29 is 9.90 Å². The predicted octanol–water partition coefficient (Wildman–Crippen LogP) is -0.0307. The molecule has 1 heterocycles. The number of aliphatic hydroxyl groups is 1. The van der Waals surface area contributed by atoms with E-state index in [9.17, 15) is 9.90 Å². The van der Waals surface area contributed by atoms with E-state index in [0.717, 1.165) is 32.5 Å². The van der Waals surface area contributed by atoms with Crippen LogP contribution in [-0.2, 0) is 4.79 Å². The van der Waals surface area contributed by atoms with Crippen LogP contribution in [0, 0.1) is 0 Å². The quantitative estimate of drug-likeness (QED) is 0.627. The maximum atomic E-state index is 11.6. The summed E-state index contributed by atoms with van der Waals surface area (Å²) in [5.74, 6) is 0.157. The van der Waals surface area contributed by atoms with Gasteiger partial charge in [-0.15, -0.1) is 0 Å². The fourth-order valence-corrected chi connectivity index (χ4v) is 1.71. The summed E-state index contributed by atoms with van der Waals surface area (Å²) in [5, 5.41) is 12.5. The fourth-order valence-electron chi connectivity index (χ4n) is 1.71. The van der Waals surface area contributed by atoms with Crippen molar-refractivity contribution in [3.63, 3.8) is 0 Å². The van der Waals surface area contributed by atoms with E-state index in [1.807, 2.05) is 6.92 Å². The molecular formula is C10H20N2O2. The average molecular weight is 200 g/mol. The smallest absolute Gasteiger partial charge is 0.223 e. The summed E-state index contributed by atoms with van der Waals surface area (Å²) in [5.41, 5.74) is 0. The molecule has 0 aromatic heterocycles. The van der Waals surface area contributed by atoms with Crippen molar-refractivity contribution in [2.24, 2.45) is 0 Å². The Bertz CT molecular complexity index is 185. The Morgan fingerprint density at radius 1 is 1.64 bits per heavy atom. The highest BCUT2D eigenvalue weighted by atomic mass is 16.3. The zero-order valence-electron chi connectivity index (χ0n) is 8.83. The van der Waals surface area contributed by atoms with Gasteiger partial charge in [-0.1, -0.05) is 6.92 Å².